The van der Waals surface area contributed by atoms with E-state index < -0.39 is 23.8 Å². The van der Waals surface area contributed by atoms with Crippen molar-refractivity contribution in [3.63, 3.8) is 0 Å². The average Bonchev–Trinajstić information content (AvgIpc) is 3.33. The lowest BCUT2D eigenvalue weighted by Crippen LogP contribution is -2.43. The Morgan fingerprint density at radius 1 is 1.06 bits per heavy atom. The molecule has 1 aromatic heterocycles. The summed E-state index contributed by atoms with van der Waals surface area (Å²) in [6.45, 7) is 5.73. The SMILES string of the molecule is CCOC(=O)C1=C(C)NC2=C(C(=O)[C@@H](C(=O)OCC)[C@H](c3ccccc3)C2)[C@@H]1c1cccs1. The van der Waals surface area contributed by atoms with Crippen LogP contribution in [-0.4, -0.2) is 30.9 Å². The maximum Gasteiger partial charge on any atom is 0.336 e. The number of thiophene rings is 1. The van der Waals surface area contributed by atoms with E-state index >= 15 is 0 Å². The van der Waals surface area contributed by atoms with Gasteiger partial charge in [0.15, 0.2) is 5.78 Å². The average molecular weight is 466 g/mol. The number of esters is 2. The van der Waals surface area contributed by atoms with E-state index in [0.29, 0.717) is 23.3 Å². The lowest BCUT2D eigenvalue weighted by Gasteiger charge is -2.39. The normalized spacial score (nSPS) is 22.5. The molecule has 0 amide bonds. The Bertz CT molecular complexity index is 1120. The van der Waals surface area contributed by atoms with Gasteiger partial charge in [0.05, 0.1) is 24.7 Å². The van der Waals surface area contributed by atoms with Crippen molar-refractivity contribution >= 4 is 29.1 Å². The molecule has 1 aliphatic heterocycles. The molecular formula is C26H27NO5S. The smallest absolute Gasteiger partial charge is 0.336 e. The molecule has 7 heteroatoms. The first-order chi connectivity index (χ1) is 16.0. The van der Waals surface area contributed by atoms with Gasteiger partial charge in [-0.05, 0) is 44.2 Å². The summed E-state index contributed by atoms with van der Waals surface area (Å²) in [5.41, 5.74) is 3.18. The van der Waals surface area contributed by atoms with Crippen molar-refractivity contribution in [3.05, 3.63) is 80.8 Å². The zero-order valence-electron chi connectivity index (χ0n) is 18.9. The number of ketones is 1. The Morgan fingerprint density at radius 2 is 1.79 bits per heavy atom. The fraction of sp³-hybridized carbons (Fsp3) is 0.346. The zero-order valence-corrected chi connectivity index (χ0v) is 19.7. The second-order valence-electron chi connectivity index (χ2n) is 8.04. The molecule has 172 valence electrons. The van der Waals surface area contributed by atoms with Gasteiger partial charge in [-0.2, -0.15) is 0 Å². The number of ether oxygens (including phenoxy) is 2. The highest BCUT2D eigenvalue weighted by molar-refractivity contribution is 7.10. The minimum atomic E-state index is -0.975. The quantitative estimate of drug-likeness (QED) is 0.501. The van der Waals surface area contributed by atoms with Crippen molar-refractivity contribution in [2.75, 3.05) is 13.2 Å². The lowest BCUT2D eigenvalue weighted by molar-refractivity contribution is -0.152. The monoisotopic (exact) mass is 465 g/mol. The summed E-state index contributed by atoms with van der Waals surface area (Å²) in [4.78, 5) is 40.9. The fourth-order valence-corrected chi connectivity index (χ4v) is 5.61. The predicted molar refractivity (Wildman–Crippen MR) is 125 cm³/mol. The van der Waals surface area contributed by atoms with E-state index in [-0.39, 0.29) is 24.9 Å². The molecule has 0 spiro atoms. The number of allylic oxidation sites excluding steroid dienone is 3. The molecule has 2 aromatic rings. The van der Waals surface area contributed by atoms with Crippen molar-refractivity contribution in [1.29, 1.82) is 0 Å². The number of carbonyl (C=O) groups is 3. The summed E-state index contributed by atoms with van der Waals surface area (Å²) < 4.78 is 10.7. The number of Topliss-reactive ketones (excluding diaryl/α,β-unsaturated/α-hetero) is 1. The largest absolute Gasteiger partial charge is 0.465 e. The zero-order chi connectivity index (χ0) is 23.5. The summed E-state index contributed by atoms with van der Waals surface area (Å²) in [5, 5.41) is 5.23. The Balaban J connectivity index is 1.86. The molecule has 3 atom stereocenters. The van der Waals surface area contributed by atoms with Gasteiger partial charge in [0.25, 0.3) is 0 Å². The maximum absolute atomic E-state index is 14.0. The van der Waals surface area contributed by atoms with Gasteiger partial charge in [-0.1, -0.05) is 36.4 Å². The van der Waals surface area contributed by atoms with Crippen LogP contribution in [0, 0.1) is 5.92 Å². The highest BCUT2D eigenvalue weighted by Gasteiger charge is 2.49. The van der Waals surface area contributed by atoms with Crippen molar-refractivity contribution < 1.29 is 23.9 Å². The van der Waals surface area contributed by atoms with Gasteiger partial charge in [0, 0.05) is 27.8 Å². The van der Waals surface area contributed by atoms with Gasteiger partial charge in [-0.25, -0.2) is 4.79 Å². The Morgan fingerprint density at radius 3 is 2.42 bits per heavy atom. The highest BCUT2D eigenvalue weighted by Crippen LogP contribution is 2.48. The molecule has 1 aromatic carbocycles. The number of rotatable bonds is 6. The summed E-state index contributed by atoms with van der Waals surface area (Å²) in [7, 11) is 0. The van der Waals surface area contributed by atoms with Gasteiger partial charge in [0.2, 0.25) is 0 Å². The van der Waals surface area contributed by atoms with Gasteiger partial charge < -0.3 is 14.8 Å². The first-order valence-electron chi connectivity index (χ1n) is 11.1. The van der Waals surface area contributed by atoms with Crippen molar-refractivity contribution in [1.82, 2.24) is 5.32 Å². The Labute approximate surface area is 197 Å². The van der Waals surface area contributed by atoms with Crippen LogP contribution < -0.4 is 5.32 Å². The van der Waals surface area contributed by atoms with Crippen LogP contribution >= 0.6 is 11.3 Å². The molecule has 0 radical (unpaired) electrons. The number of carbonyl (C=O) groups excluding carboxylic acids is 3. The topological polar surface area (TPSA) is 81.7 Å². The van der Waals surface area contributed by atoms with Gasteiger partial charge in [-0.15, -0.1) is 11.3 Å². The van der Waals surface area contributed by atoms with E-state index in [0.717, 1.165) is 16.1 Å². The minimum Gasteiger partial charge on any atom is -0.465 e. The number of hydrogen-bond acceptors (Lipinski definition) is 7. The van der Waals surface area contributed by atoms with Crippen LogP contribution in [0.15, 0.2) is 70.4 Å². The standard InChI is InChI=1S/C26H27NO5S/c1-4-31-25(29)20-15(3)27-18-14-17(16-10-7-6-8-11-16)21(26(30)32-5-2)24(28)22(18)23(20)19-12-9-13-33-19/h6-13,17,21,23,27H,4-5,14H2,1-3H3/t17-,21-,23+/m0/s1. The second kappa shape index (κ2) is 9.75. The molecule has 33 heavy (non-hydrogen) atoms. The maximum atomic E-state index is 14.0. The molecule has 2 heterocycles. The second-order valence-corrected chi connectivity index (χ2v) is 9.02. The van der Waals surface area contributed by atoms with Crippen LogP contribution in [0.1, 0.15) is 49.5 Å². The molecular weight excluding hydrogens is 438 g/mol. The molecule has 0 saturated carbocycles. The van der Waals surface area contributed by atoms with E-state index in [1.165, 1.54) is 11.3 Å². The third-order valence-electron chi connectivity index (χ3n) is 6.11. The van der Waals surface area contributed by atoms with E-state index in [9.17, 15) is 14.4 Å². The van der Waals surface area contributed by atoms with Crippen LogP contribution in [0.5, 0.6) is 0 Å². The van der Waals surface area contributed by atoms with E-state index in [2.05, 4.69) is 5.32 Å². The van der Waals surface area contributed by atoms with Gasteiger partial charge >= 0.3 is 11.9 Å². The molecule has 0 saturated heterocycles. The first kappa shape index (κ1) is 23.0. The molecule has 1 N–H and O–H groups in total. The fourth-order valence-electron chi connectivity index (χ4n) is 4.77. The Kier molecular flexibility index (Phi) is 6.79. The molecule has 1 aliphatic carbocycles. The third-order valence-corrected chi connectivity index (χ3v) is 7.05. The van der Waals surface area contributed by atoms with E-state index in [4.69, 9.17) is 9.47 Å². The number of dihydropyridines is 1. The van der Waals surface area contributed by atoms with Crippen LogP contribution in [0.2, 0.25) is 0 Å². The Hall–Kier alpha value is -3.19. The van der Waals surface area contributed by atoms with Crippen LogP contribution in [0.25, 0.3) is 0 Å². The van der Waals surface area contributed by atoms with Crippen molar-refractivity contribution in [2.45, 2.75) is 39.0 Å². The van der Waals surface area contributed by atoms with E-state index in [1.807, 2.05) is 54.8 Å². The number of nitrogens with one attached hydrogen (secondary N) is 1. The van der Waals surface area contributed by atoms with Gasteiger partial charge in [-0.3, -0.25) is 9.59 Å². The summed E-state index contributed by atoms with van der Waals surface area (Å²) >= 11 is 1.47. The van der Waals surface area contributed by atoms with Crippen molar-refractivity contribution in [2.24, 2.45) is 5.92 Å². The molecule has 0 unspecified atom stereocenters. The number of benzene rings is 1. The first-order valence-corrected chi connectivity index (χ1v) is 12.0. The van der Waals surface area contributed by atoms with E-state index in [1.54, 1.807) is 13.8 Å². The summed E-state index contributed by atoms with van der Waals surface area (Å²) in [5.74, 6) is -3.21. The molecule has 0 bridgehead atoms. The summed E-state index contributed by atoms with van der Waals surface area (Å²) in [6, 6.07) is 13.4. The van der Waals surface area contributed by atoms with Gasteiger partial charge in [0.1, 0.15) is 5.92 Å². The molecule has 4 rings (SSSR count). The summed E-state index contributed by atoms with van der Waals surface area (Å²) in [6.07, 6.45) is 0.462. The molecule has 6 nitrogen and oxygen atoms in total. The van der Waals surface area contributed by atoms with Crippen molar-refractivity contribution in [3.8, 4) is 0 Å². The van der Waals surface area contributed by atoms with Crippen LogP contribution in [0.3, 0.4) is 0 Å². The third kappa shape index (κ3) is 4.25. The molecule has 0 fully saturated rings. The van der Waals surface area contributed by atoms with Crippen LogP contribution in [-0.2, 0) is 23.9 Å². The predicted octanol–water partition coefficient (Wildman–Crippen LogP) is 4.46. The van der Waals surface area contributed by atoms with Crippen LogP contribution in [0.4, 0.5) is 0 Å². The lowest BCUT2D eigenvalue weighted by atomic mass is 9.68. The molecule has 2 aliphatic rings. The minimum absolute atomic E-state index is 0.190. The highest BCUT2D eigenvalue weighted by atomic mass is 32.1. The number of hydrogen-bond donors (Lipinski definition) is 1.